The van der Waals surface area contributed by atoms with Crippen LogP contribution in [0.2, 0.25) is 0 Å². The van der Waals surface area contributed by atoms with E-state index in [1.807, 2.05) is 19.1 Å². The van der Waals surface area contributed by atoms with Crippen LogP contribution in [0.3, 0.4) is 0 Å². The molecule has 3 N–H and O–H groups in total. The summed E-state index contributed by atoms with van der Waals surface area (Å²) in [7, 11) is 0. The Kier molecular flexibility index (Phi) is 5.99. The Morgan fingerprint density at radius 2 is 1.85 bits per heavy atom. The van der Waals surface area contributed by atoms with Gasteiger partial charge in [-0.25, -0.2) is 0 Å². The molecule has 2 aromatic carbocycles. The Morgan fingerprint density at radius 3 is 2.54 bits per heavy atom. The first kappa shape index (κ1) is 18.1. The largest absolute Gasteiger partial charge is 0.375 e. The van der Waals surface area contributed by atoms with Crippen molar-refractivity contribution in [1.29, 1.82) is 0 Å². The predicted molar refractivity (Wildman–Crippen MR) is 101 cm³/mol. The summed E-state index contributed by atoms with van der Waals surface area (Å²) < 4.78 is 5.54. The Labute approximate surface area is 152 Å². The lowest BCUT2D eigenvalue weighted by atomic mass is 10.1. The predicted octanol–water partition coefficient (Wildman–Crippen LogP) is 2.56. The average Bonchev–Trinajstić information content (AvgIpc) is 2.63. The van der Waals surface area contributed by atoms with Crippen molar-refractivity contribution in [2.75, 3.05) is 30.3 Å². The lowest BCUT2D eigenvalue weighted by Gasteiger charge is -2.23. The molecule has 1 heterocycles. The fourth-order valence-electron chi connectivity index (χ4n) is 2.75. The van der Waals surface area contributed by atoms with Crippen LogP contribution in [-0.4, -0.2) is 37.6 Å². The summed E-state index contributed by atoms with van der Waals surface area (Å²) in [4.78, 5) is 24.5. The zero-order chi connectivity index (χ0) is 18.4. The summed E-state index contributed by atoms with van der Waals surface area (Å²) >= 11 is 0. The molecule has 1 unspecified atom stereocenters. The number of anilines is 2. The van der Waals surface area contributed by atoms with Gasteiger partial charge >= 0.3 is 0 Å². The highest BCUT2D eigenvalue weighted by Gasteiger charge is 2.17. The molecular weight excluding hydrogens is 330 g/mol. The molecule has 136 valence electrons. The van der Waals surface area contributed by atoms with Crippen molar-refractivity contribution in [3.63, 3.8) is 0 Å². The molecule has 0 aromatic heterocycles. The first-order valence-electron chi connectivity index (χ1n) is 8.70. The van der Waals surface area contributed by atoms with Crippen LogP contribution in [0.5, 0.6) is 0 Å². The summed E-state index contributed by atoms with van der Waals surface area (Å²) in [5.74, 6) is -0.295. The van der Waals surface area contributed by atoms with E-state index in [9.17, 15) is 9.59 Å². The van der Waals surface area contributed by atoms with Crippen molar-refractivity contribution in [2.24, 2.45) is 0 Å². The highest BCUT2D eigenvalue weighted by Crippen LogP contribution is 2.17. The molecule has 26 heavy (non-hydrogen) atoms. The normalized spacial score (nSPS) is 16.7. The van der Waals surface area contributed by atoms with Crippen molar-refractivity contribution < 1.29 is 14.3 Å². The zero-order valence-electron chi connectivity index (χ0n) is 14.7. The molecule has 3 rings (SSSR count). The standard InChI is InChI=1S/C20H23N3O3/c1-14-5-7-15(8-6-14)20(25)23-17-4-2-3-16(11-17)22-19(24)12-18-13-21-9-10-26-18/h2-8,11,18,21H,9-10,12-13H2,1H3,(H,22,24)(H,23,25). The van der Waals surface area contributed by atoms with Gasteiger partial charge in [0.25, 0.3) is 5.91 Å². The molecule has 0 bridgehead atoms. The second-order valence-corrected chi connectivity index (χ2v) is 6.35. The van der Waals surface area contributed by atoms with Crippen LogP contribution in [-0.2, 0) is 9.53 Å². The summed E-state index contributed by atoms with van der Waals surface area (Å²) in [6.07, 6.45) is 0.195. The molecule has 1 fully saturated rings. The summed E-state index contributed by atoms with van der Waals surface area (Å²) in [6.45, 7) is 4.10. The van der Waals surface area contributed by atoms with Gasteiger partial charge in [0.2, 0.25) is 5.91 Å². The zero-order valence-corrected chi connectivity index (χ0v) is 14.7. The van der Waals surface area contributed by atoms with Crippen LogP contribution in [0.15, 0.2) is 48.5 Å². The third-order valence-electron chi connectivity index (χ3n) is 4.14. The van der Waals surface area contributed by atoms with E-state index in [2.05, 4.69) is 16.0 Å². The summed E-state index contributed by atoms with van der Waals surface area (Å²) in [5.41, 5.74) is 2.96. The number of amides is 2. The number of ether oxygens (including phenoxy) is 1. The molecule has 1 aliphatic heterocycles. The Morgan fingerprint density at radius 1 is 1.12 bits per heavy atom. The first-order chi connectivity index (χ1) is 12.6. The summed E-state index contributed by atoms with van der Waals surface area (Å²) in [5, 5.41) is 8.90. The maximum atomic E-state index is 12.3. The van der Waals surface area contributed by atoms with Gasteiger partial charge in [-0.1, -0.05) is 23.8 Å². The van der Waals surface area contributed by atoms with Crippen LogP contribution in [0.4, 0.5) is 11.4 Å². The quantitative estimate of drug-likeness (QED) is 0.772. The summed E-state index contributed by atoms with van der Waals surface area (Å²) in [6, 6.07) is 14.5. The molecule has 0 saturated carbocycles. The van der Waals surface area contributed by atoms with Gasteiger partial charge < -0.3 is 20.7 Å². The van der Waals surface area contributed by atoms with E-state index in [1.54, 1.807) is 36.4 Å². The number of aryl methyl sites for hydroxylation is 1. The van der Waals surface area contributed by atoms with Gasteiger partial charge in [-0.3, -0.25) is 9.59 Å². The van der Waals surface area contributed by atoms with Gasteiger partial charge in [-0.2, -0.15) is 0 Å². The molecule has 1 atom stereocenters. The van der Waals surface area contributed by atoms with Crippen molar-refractivity contribution in [3.05, 3.63) is 59.7 Å². The topological polar surface area (TPSA) is 79.5 Å². The average molecular weight is 353 g/mol. The fraction of sp³-hybridized carbons (Fsp3) is 0.300. The van der Waals surface area contributed by atoms with Crippen molar-refractivity contribution >= 4 is 23.2 Å². The molecule has 0 spiro atoms. The van der Waals surface area contributed by atoms with E-state index >= 15 is 0 Å². The second-order valence-electron chi connectivity index (χ2n) is 6.35. The van der Waals surface area contributed by atoms with Gasteiger partial charge in [-0.15, -0.1) is 0 Å². The van der Waals surface area contributed by atoms with Crippen molar-refractivity contribution in [2.45, 2.75) is 19.4 Å². The minimum absolute atomic E-state index is 0.104. The molecule has 6 heteroatoms. The SMILES string of the molecule is Cc1ccc(C(=O)Nc2cccc(NC(=O)CC3CNCCO3)c2)cc1. The van der Waals surface area contributed by atoms with Crippen LogP contribution >= 0.6 is 0 Å². The van der Waals surface area contributed by atoms with Crippen LogP contribution < -0.4 is 16.0 Å². The molecule has 0 radical (unpaired) electrons. The molecule has 1 saturated heterocycles. The number of carbonyl (C=O) groups is 2. The number of rotatable bonds is 5. The second kappa shape index (κ2) is 8.60. The van der Waals surface area contributed by atoms with Crippen LogP contribution in [0, 0.1) is 6.92 Å². The van der Waals surface area contributed by atoms with Gasteiger partial charge in [0.15, 0.2) is 0 Å². The molecule has 2 aromatic rings. The smallest absolute Gasteiger partial charge is 0.255 e. The van der Waals surface area contributed by atoms with Gasteiger partial charge in [0, 0.05) is 30.0 Å². The molecule has 2 amide bonds. The van der Waals surface area contributed by atoms with Gasteiger partial charge in [0.05, 0.1) is 19.1 Å². The van der Waals surface area contributed by atoms with E-state index in [-0.39, 0.29) is 17.9 Å². The van der Waals surface area contributed by atoms with Gasteiger partial charge in [-0.05, 0) is 37.3 Å². The maximum Gasteiger partial charge on any atom is 0.255 e. The number of nitrogens with one attached hydrogen (secondary N) is 3. The van der Waals surface area contributed by atoms with E-state index in [0.717, 1.165) is 12.1 Å². The maximum absolute atomic E-state index is 12.3. The fourth-order valence-corrected chi connectivity index (χ4v) is 2.75. The van der Waals surface area contributed by atoms with Gasteiger partial charge in [0.1, 0.15) is 0 Å². The minimum Gasteiger partial charge on any atom is -0.375 e. The number of benzene rings is 2. The third-order valence-corrected chi connectivity index (χ3v) is 4.14. The van der Waals surface area contributed by atoms with E-state index < -0.39 is 0 Å². The lowest BCUT2D eigenvalue weighted by Crippen LogP contribution is -2.40. The highest BCUT2D eigenvalue weighted by atomic mass is 16.5. The lowest BCUT2D eigenvalue weighted by molar-refractivity contribution is -0.119. The number of hydrogen-bond donors (Lipinski definition) is 3. The highest BCUT2D eigenvalue weighted by molar-refractivity contribution is 6.04. The van der Waals surface area contributed by atoms with Crippen molar-refractivity contribution in [1.82, 2.24) is 5.32 Å². The number of morpholine rings is 1. The molecule has 6 nitrogen and oxygen atoms in total. The Bertz CT molecular complexity index is 768. The Hall–Kier alpha value is -2.70. The minimum atomic E-state index is -0.185. The molecular formula is C20H23N3O3. The van der Waals surface area contributed by atoms with Crippen molar-refractivity contribution in [3.8, 4) is 0 Å². The Balaban J connectivity index is 1.57. The van der Waals surface area contributed by atoms with E-state index in [4.69, 9.17) is 4.74 Å². The third kappa shape index (κ3) is 5.15. The van der Waals surface area contributed by atoms with Crippen LogP contribution in [0.25, 0.3) is 0 Å². The molecule has 1 aliphatic rings. The first-order valence-corrected chi connectivity index (χ1v) is 8.70. The number of carbonyl (C=O) groups excluding carboxylic acids is 2. The number of hydrogen-bond acceptors (Lipinski definition) is 4. The van der Waals surface area contributed by atoms with E-state index in [0.29, 0.717) is 36.5 Å². The van der Waals surface area contributed by atoms with Crippen LogP contribution in [0.1, 0.15) is 22.3 Å². The molecule has 0 aliphatic carbocycles. The monoisotopic (exact) mass is 353 g/mol. The van der Waals surface area contributed by atoms with E-state index in [1.165, 1.54) is 0 Å².